The lowest BCUT2D eigenvalue weighted by molar-refractivity contribution is 0.0538. The van der Waals surface area contributed by atoms with Crippen LogP contribution in [0.2, 0.25) is 0 Å². The summed E-state index contributed by atoms with van der Waals surface area (Å²) in [6, 6.07) is 8.01. The Morgan fingerprint density at radius 1 is 0.727 bits per heavy atom. The summed E-state index contributed by atoms with van der Waals surface area (Å²) >= 11 is 0. The van der Waals surface area contributed by atoms with Crippen LogP contribution in [0.5, 0.6) is 28.7 Å². The van der Waals surface area contributed by atoms with E-state index in [9.17, 15) is 0 Å². The van der Waals surface area contributed by atoms with Crippen molar-refractivity contribution >= 4 is 5.57 Å². The minimum absolute atomic E-state index is 0.430. The molecule has 7 nitrogen and oxygen atoms in total. The van der Waals surface area contributed by atoms with Crippen LogP contribution >= 0.6 is 0 Å². The fourth-order valence-corrected chi connectivity index (χ4v) is 4.02. The number of rotatable bonds is 12. The van der Waals surface area contributed by atoms with Crippen molar-refractivity contribution in [1.82, 2.24) is 0 Å². The number of hydrogen-bond acceptors (Lipinski definition) is 7. The van der Waals surface area contributed by atoms with Crippen LogP contribution in [0.1, 0.15) is 29.5 Å². The van der Waals surface area contributed by atoms with Gasteiger partial charge in [0, 0.05) is 12.7 Å². The molecule has 0 bridgehead atoms. The van der Waals surface area contributed by atoms with E-state index in [1.54, 1.807) is 35.5 Å². The average molecular weight is 459 g/mol. The molecule has 0 fully saturated rings. The van der Waals surface area contributed by atoms with Crippen LogP contribution < -0.4 is 23.7 Å². The number of allylic oxidation sites excluding steroid dienone is 1. The van der Waals surface area contributed by atoms with Gasteiger partial charge >= 0.3 is 0 Å². The Morgan fingerprint density at radius 3 is 2.06 bits per heavy atom. The van der Waals surface area contributed by atoms with Crippen LogP contribution in [0.25, 0.3) is 5.57 Å². The number of fused-ring (bicyclic) bond motifs is 1. The number of hydrogen-bond donors (Lipinski definition) is 0. The third-order valence-corrected chi connectivity index (χ3v) is 5.60. The second kappa shape index (κ2) is 12.4. The van der Waals surface area contributed by atoms with Gasteiger partial charge in [-0.25, -0.2) is 0 Å². The molecule has 0 heterocycles. The molecule has 180 valence electrons. The van der Waals surface area contributed by atoms with Crippen LogP contribution in [0.4, 0.5) is 0 Å². The average Bonchev–Trinajstić information content (AvgIpc) is 3.07. The fraction of sp³-hybridized carbons (Fsp3) is 0.462. The topological polar surface area (TPSA) is 64.6 Å². The van der Waals surface area contributed by atoms with Gasteiger partial charge in [0.25, 0.3) is 0 Å². The molecule has 0 unspecified atom stereocenters. The molecular weight excluding hydrogens is 424 g/mol. The lowest BCUT2D eigenvalue weighted by Gasteiger charge is -2.20. The zero-order valence-corrected chi connectivity index (χ0v) is 20.2. The Labute approximate surface area is 196 Å². The highest BCUT2D eigenvalue weighted by molar-refractivity contribution is 5.85. The summed E-state index contributed by atoms with van der Waals surface area (Å²) in [7, 11) is 8.18. The van der Waals surface area contributed by atoms with E-state index >= 15 is 0 Å². The quantitative estimate of drug-likeness (QED) is 0.433. The maximum Gasteiger partial charge on any atom is 0.203 e. The molecule has 0 spiro atoms. The third-order valence-electron chi connectivity index (χ3n) is 5.60. The smallest absolute Gasteiger partial charge is 0.203 e. The Kier molecular flexibility index (Phi) is 9.27. The van der Waals surface area contributed by atoms with E-state index in [0.717, 1.165) is 53.0 Å². The Balaban J connectivity index is 1.98. The van der Waals surface area contributed by atoms with Gasteiger partial charge in [0.05, 0.1) is 48.3 Å². The van der Waals surface area contributed by atoms with Gasteiger partial charge in [-0.1, -0.05) is 12.1 Å². The SMILES string of the molecule is COCCOCCOc1c(OC)ccc2c1CCCC=C2c1cc(OC)c(OC)c(OC)c1. The lowest BCUT2D eigenvalue weighted by atomic mass is 9.92. The zero-order chi connectivity index (χ0) is 23.6. The van der Waals surface area contributed by atoms with Crippen molar-refractivity contribution in [2.24, 2.45) is 0 Å². The first-order valence-corrected chi connectivity index (χ1v) is 11.1. The van der Waals surface area contributed by atoms with Gasteiger partial charge < -0.3 is 33.2 Å². The summed E-state index contributed by atoms with van der Waals surface area (Å²) in [4.78, 5) is 0. The molecule has 33 heavy (non-hydrogen) atoms. The molecule has 2 aromatic carbocycles. The van der Waals surface area contributed by atoms with Crippen molar-refractivity contribution < 1.29 is 33.2 Å². The van der Waals surface area contributed by atoms with Crippen molar-refractivity contribution in [3.05, 3.63) is 47.0 Å². The first-order valence-electron chi connectivity index (χ1n) is 11.1. The molecule has 0 aliphatic heterocycles. The third kappa shape index (κ3) is 5.72. The molecule has 0 N–H and O–H groups in total. The molecule has 0 atom stereocenters. The molecule has 1 aliphatic rings. The van der Waals surface area contributed by atoms with Crippen LogP contribution in [0, 0.1) is 0 Å². The highest BCUT2D eigenvalue weighted by Gasteiger charge is 2.23. The molecule has 0 aromatic heterocycles. The summed E-state index contributed by atoms with van der Waals surface area (Å²) in [5.74, 6) is 3.31. The summed E-state index contributed by atoms with van der Waals surface area (Å²) in [5.41, 5.74) is 4.33. The number of ether oxygens (including phenoxy) is 7. The maximum absolute atomic E-state index is 6.19. The van der Waals surface area contributed by atoms with Gasteiger partial charge in [-0.2, -0.15) is 0 Å². The van der Waals surface area contributed by atoms with E-state index in [1.807, 2.05) is 18.2 Å². The highest BCUT2D eigenvalue weighted by Crippen LogP contribution is 2.45. The number of methoxy groups -OCH3 is 5. The maximum atomic E-state index is 6.19. The highest BCUT2D eigenvalue weighted by atomic mass is 16.6. The van der Waals surface area contributed by atoms with Gasteiger partial charge in [0.2, 0.25) is 5.75 Å². The second-order valence-electron chi connectivity index (χ2n) is 7.50. The van der Waals surface area contributed by atoms with E-state index in [-0.39, 0.29) is 0 Å². The van der Waals surface area contributed by atoms with E-state index in [2.05, 4.69) is 12.1 Å². The molecule has 0 amide bonds. The summed E-state index contributed by atoms with van der Waals surface area (Å²) in [5, 5.41) is 0. The van der Waals surface area contributed by atoms with Gasteiger partial charge in [0.1, 0.15) is 6.61 Å². The molecule has 7 heteroatoms. The molecule has 0 saturated carbocycles. The van der Waals surface area contributed by atoms with Crippen molar-refractivity contribution in [1.29, 1.82) is 0 Å². The lowest BCUT2D eigenvalue weighted by Crippen LogP contribution is -2.12. The molecule has 0 radical (unpaired) electrons. The van der Waals surface area contributed by atoms with Gasteiger partial charge in [-0.3, -0.25) is 0 Å². The molecular formula is C26H34O7. The number of benzene rings is 2. The van der Waals surface area contributed by atoms with Crippen LogP contribution in [0.15, 0.2) is 30.3 Å². The monoisotopic (exact) mass is 458 g/mol. The van der Waals surface area contributed by atoms with E-state index < -0.39 is 0 Å². The predicted octanol–water partition coefficient (Wildman–Crippen LogP) is 4.53. The summed E-state index contributed by atoms with van der Waals surface area (Å²) < 4.78 is 39.1. The van der Waals surface area contributed by atoms with Crippen LogP contribution in [-0.2, 0) is 15.9 Å². The summed E-state index contributed by atoms with van der Waals surface area (Å²) in [6.45, 7) is 2.01. The van der Waals surface area contributed by atoms with Gasteiger partial charge in [-0.05, 0) is 54.2 Å². The van der Waals surface area contributed by atoms with Crippen molar-refractivity contribution in [3.8, 4) is 28.7 Å². The van der Waals surface area contributed by atoms with Crippen LogP contribution in [-0.4, -0.2) is 62.0 Å². The first-order chi connectivity index (χ1) is 16.2. The standard InChI is InChI=1S/C26H34O7/c1-27-12-13-32-14-15-33-25-21-9-7-6-8-19(20(21)10-11-22(25)28-2)18-16-23(29-3)26(31-5)24(17-18)30-4/h8,10-11,16-17H,6-7,9,12-15H2,1-5H3. The largest absolute Gasteiger partial charge is 0.493 e. The van der Waals surface area contributed by atoms with Gasteiger partial charge in [0.15, 0.2) is 23.0 Å². The minimum Gasteiger partial charge on any atom is -0.493 e. The summed E-state index contributed by atoms with van der Waals surface area (Å²) in [6.07, 6.45) is 5.10. The van der Waals surface area contributed by atoms with E-state index in [4.69, 9.17) is 33.2 Å². The van der Waals surface area contributed by atoms with Crippen molar-refractivity contribution in [3.63, 3.8) is 0 Å². The van der Waals surface area contributed by atoms with Crippen molar-refractivity contribution in [2.75, 3.05) is 62.0 Å². The Bertz CT molecular complexity index is 927. The first kappa shape index (κ1) is 24.7. The molecule has 2 aromatic rings. The molecule has 1 aliphatic carbocycles. The fourth-order valence-electron chi connectivity index (χ4n) is 4.02. The molecule has 3 rings (SSSR count). The minimum atomic E-state index is 0.430. The zero-order valence-electron chi connectivity index (χ0n) is 20.2. The normalized spacial score (nSPS) is 12.9. The van der Waals surface area contributed by atoms with Gasteiger partial charge in [-0.15, -0.1) is 0 Å². The predicted molar refractivity (Wildman–Crippen MR) is 127 cm³/mol. The Hall–Kier alpha value is -2.90. The van der Waals surface area contributed by atoms with Crippen molar-refractivity contribution in [2.45, 2.75) is 19.3 Å². The van der Waals surface area contributed by atoms with E-state index in [1.165, 1.54) is 0 Å². The second-order valence-corrected chi connectivity index (χ2v) is 7.50. The molecule has 0 saturated heterocycles. The van der Waals surface area contributed by atoms with E-state index in [0.29, 0.717) is 43.7 Å². The van der Waals surface area contributed by atoms with Crippen LogP contribution in [0.3, 0.4) is 0 Å². The Morgan fingerprint density at radius 2 is 1.42 bits per heavy atom.